The molecule has 1 amide bonds. The van der Waals surface area contributed by atoms with Gasteiger partial charge in [0.1, 0.15) is 5.75 Å². The molecule has 0 spiro atoms. The van der Waals surface area contributed by atoms with Crippen LogP contribution in [-0.2, 0) is 4.79 Å². The van der Waals surface area contributed by atoms with Gasteiger partial charge in [0, 0.05) is 12.2 Å². The molecule has 0 radical (unpaired) electrons. The number of hydrogen-bond acceptors (Lipinski definition) is 3. The lowest BCUT2D eigenvalue weighted by Crippen LogP contribution is -2.47. The third-order valence-corrected chi connectivity index (χ3v) is 3.76. The lowest BCUT2D eigenvalue weighted by atomic mass is 9.77. The maximum absolute atomic E-state index is 12.4. The van der Waals surface area contributed by atoms with E-state index in [9.17, 15) is 9.90 Å². The minimum atomic E-state index is -0.295. The number of aromatic hydroxyl groups is 1. The second-order valence-electron chi connectivity index (χ2n) is 4.92. The first-order valence-electron chi connectivity index (χ1n) is 6.47. The fraction of sp³-hybridized carbons (Fsp3) is 0.500. The van der Waals surface area contributed by atoms with Gasteiger partial charge in [-0.25, -0.2) is 0 Å². The number of hydrogen-bond donors (Lipinski definition) is 3. The summed E-state index contributed by atoms with van der Waals surface area (Å²) in [5.41, 5.74) is 0.437. The van der Waals surface area contributed by atoms with Crippen LogP contribution in [0, 0.1) is 5.41 Å². The van der Waals surface area contributed by atoms with Crippen molar-refractivity contribution in [1.29, 1.82) is 0 Å². The lowest BCUT2D eigenvalue weighted by Gasteiger charge is -2.35. The third-order valence-electron chi connectivity index (χ3n) is 3.76. The number of piperidine rings is 1. The SMILES string of the molecule is CCC1(C(=O)Nc2ccc(O)cc2)CCCNC1. The molecule has 98 valence electrons. The summed E-state index contributed by atoms with van der Waals surface area (Å²) in [4.78, 5) is 12.4. The van der Waals surface area contributed by atoms with Crippen molar-refractivity contribution in [3.8, 4) is 5.75 Å². The first kappa shape index (κ1) is 12.9. The highest BCUT2D eigenvalue weighted by Crippen LogP contribution is 2.31. The molecule has 1 atom stereocenters. The molecule has 1 saturated heterocycles. The van der Waals surface area contributed by atoms with Crippen molar-refractivity contribution in [3.05, 3.63) is 24.3 Å². The molecule has 4 heteroatoms. The zero-order chi connectivity index (χ0) is 13.0. The van der Waals surface area contributed by atoms with Gasteiger partial charge in [0.05, 0.1) is 5.41 Å². The van der Waals surface area contributed by atoms with E-state index in [1.165, 1.54) is 0 Å². The second kappa shape index (κ2) is 5.40. The van der Waals surface area contributed by atoms with Crippen molar-refractivity contribution in [2.45, 2.75) is 26.2 Å². The normalized spacial score (nSPS) is 23.6. The summed E-state index contributed by atoms with van der Waals surface area (Å²) in [7, 11) is 0. The fourth-order valence-electron chi connectivity index (χ4n) is 2.43. The first-order valence-corrected chi connectivity index (χ1v) is 6.47. The molecule has 1 heterocycles. The van der Waals surface area contributed by atoms with Crippen LogP contribution in [0.5, 0.6) is 5.75 Å². The standard InChI is InChI=1S/C14H20N2O2/c1-2-14(8-3-9-15-10-14)13(18)16-11-4-6-12(17)7-5-11/h4-7,15,17H,2-3,8-10H2,1H3,(H,16,18). The van der Waals surface area contributed by atoms with Crippen LogP contribution in [-0.4, -0.2) is 24.1 Å². The van der Waals surface area contributed by atoms with Crippen molar-refractivity contribution < 1.29 is 9.90 Å². The molecular formula is C14H20N2O2. The summed E-state index contributed by atoms with van der Waals surface area (Å²) >= 11 is 0. The number of carbonyl (C=O) groups excluding carboxylic acids is 1. The monoisotopic (exact) mass is 248 g/mol. The molecule has 1 aromatic carbocycles. The van der Waals surface area contributed by atoms with E-state index < -0.39 is 0 Å². The fourth-order valence-corrected chi connectivity index (χ4v) is 2.43. The van der Waals surface area contributed by atoms with Crippen LogP contribution in [0.2, 0.25) is 0 Å². The van der Waals surface area contributed by atoms with Crippen molar-refractivity contribution in [2.24, 2.45) is 5.41 Å². The van der Waals surface area contributed by atoms with Gasteiger partial charge in [0.25, 0.3) is 0 Å². The smallest absolute Gasteiger partial charge is 0.231 e. The zero-order valence-corrected chi connectivity index (χ0v) is 10.7. The van der Waals surface area contributed by atoms with Crippen LogP contribution in [0.4, 0.5) is 5.69 Å². The molecule has 3 N–H and O–H groups in total. The van der Waals surface area contributed by atoms with Gasteiger partial charge in [0.15, 0.2) is 0 Å². The molecule has 0 aromatic heterocycles. The number of benzene rings is 1. The number of amides is 1. The molecule has 1 fully saturated rings. The van der Waals surface area contributed by atoms with Gasteiger partial charge in [0.2, 0.25) is 5.91 Å². The van der Waals surface area contributed by atoms with E-state index >= 15 is 0 Å². The van der Waals surface area contributed by atoms with E-state index in [0.717, 1.165) is 38.0 Å². The summed E-state index contributed by atoms with van der Waals surface area (Å²) < 4.78 is 0. The number of phenols is 1. The van der Waals surface area contributed by atoms with Crippen molar-refractivity contribution in [2.75, 3.05) is 18.4 Å². The van der Waals surface area contributed by atoms with E-state index in [-0.39, 0.29) is 17.1 Å². The summed E-state index contributed by atoms with van der Waals surface area (Å²) in [5.74, 6) is 0.278. The van der Waals surface area contributed by atoms with Crippen molar-refractivity contribution in [1.82, 2.24) is 5.32 Å². The second-order valence-corrected chi connectivity index (χ2v) is 4.92. The van der Waals surface area contributed by atoms with Gasteiger partial charge in [-0.1, -0.05) is 6.92 Å². The highest BCUT2D eigenvalue weighted by Gasteiger charge is 2.37. The van der Waals surface area contributed by atoms with Crippen LogP contribution in [0.15, 0.2) is 24.3 Å². The predicted molar refractivity (Wildman–Crippen MR) is 71.6 cm³/mol. The zero-order valence-electron chi connectivity index (χ0n) is 10.7. The Morgan fingerprint density at radius 1 is 1.44 bits per heavy atom. The Balaban J connectivity index is 2.07. The van der Waals surface area contributed by atoms with Gasteiger partial charge in [-0.3, -0.25) is 4.79 Å². The van der Waals surface area contributed by atoms with Gasteiger partial charge in [-0.05, 0) is 50.1 Å². The average molecular weight is 248 g/mol. The molecule has 0 bridgehead atoms. The van der Waals surface area contributed by atoms with Crippen molar-refractivity contribution >= 4 is 11.6 Å². The maximum Gasteiger partial charge on any atom is 0.231 e. The number of rotatable bonds is 3. The van der Waals surface area contributed by atoms with E-state index in [2.05, 4.69) is 17.6 Å². The molecule has 1 unspecified atom stereocenters. The van der Waals surface area contributed by atoms with Crippen LogP contribution >= 0.6 is 0 Å². The van der Waals surface area contributed by atoms with Gasteiger partial charge >= 0.3 is 0 Å². The maximum atomic E-state index is 12.4. The third kappa shape index (κ3) is 2.64. The van der Waals surface area contributed by atoms with Crippen molar-refractivity contribution in [3.63, 3.8) is 0 Å². The Bertz CT molecular complexity index is 408. The van der Waals surface area contributed by atoms with Crippen LogP contribution in [0.1, 0.15) is 26.2 Å². The molecule has 1 aliphatic rings. The van der Waals surface area contributed by atoms with Gasteiger partial charge < -0.3 is 15.7 Å². The summed E-state index contributed by atoms with van der Waals surface area (Å²) in [5, 5.41) is 15.5. The lowest BCUT2D eigenvalue weighted by molar-refractivity contribution is -0.126. The van der Waals surface area contributed by atoms with Crippen LogP contribution in [0.25, 0.3) is 0 Å². The van der Waals surface area contributed by atoms with E-state index in [4.69, 9.17) is 0 Å². The summed E-state index contributed by atoms with van der Waals surface area (Å²) in [6.07, 6.45) is 2.81. The number of phenolic OH excluding ortho intramolecular Hbond substituents is 1. The Morgan fingerprint density at radius 2 is 2.17 bits per heavy atom. The molecule has 0 saturated carbocycles. The highest BCUT2D eigenvalue weighted by molar-refractivity contribution is 5.95. The van der Waals surface area contributed by atoms with E-state index in [1.54, 1.807) is 24.3 Å². The minimum Gasteiger partial charge on any atom is -0.508 e. The Hall–Kier alpha value is -1.55. The molecule has 4 nitrogen and oxygen atoms in total. The van der Waals surface area contributed by atoms with Crippen LogP contribution < -0.4 is 10.6 Å². The predicted octanol–water partition coefficient (Wildman–Crippen LogP) is 2.11. The van der Waals surface area contributed by atoms with Gasteiger partial charge in [-0.2, -0.15) is 0 Å². The molecule has 1 aromatic rings. The summed E-state index contributed by atoms with van der Waals surface area (Å²) in [6.45, 7) is 3.80. The van der Waals surface area contributed by atoms with E-state index in [0.29, 0.717) is 0 Å². The minimum absolute atomic E-state index is 0.0721. The summed E-state index contributed by atoms with van der Waals surface area (Å²) in [6, 6.07) is 6.58. The van der Waals surface area contributed by atoms with E-state index in [1.807, 2.05) is 0 Å². The Labute approximate surface area is 107 Å². The molecule has 0 aliphatic carbocycles. The Morgan fingerprint density at radius 3 is 2.72 bits per heavy atom. The number of nitrogens with one attached hydrogen (secondary N) is 2. The number of carbonyl (C=O) groups is 1. The largest absolute Gasteiger partial charge is 0.508 e. The Kier molecular flexibility index (Phi) is 3.87. The molecule has 18 heavy (non-hydrogen) atoms. The molecule has 1 aliphatic heterocycles. The average Bonchev–Trinajstić information content (AvgIpc) is 2.42. The quantitative estimate of drug-likeness (QED) is 0.718. The molecular weight excluding hydrogens is 228 g/mol. The number of anilines is 1. The first-order chi connectivity index (χ1) is 8.66. The molecule has 2 rings (SSSR count). The highest BCUT2D eigenvalue weighted by atomic mass is 16.3. The van der Waals surface area contributed by atoms with Crippen LogP contribution in [0.3, 0.4) is 0 Å². The topological polar surface area (TPSA) is 61.4 Å². The van der Waals surface area contributed by atoms with Gasteiger partial charge in [-0.15, -0.1) is 0 Å².